The summed E-state index contributed by atoms with van der Waals surface area (Å²) in [5.74, 6) is 0.507. The van der Waals surface area contributed by atoms with Crippen LogP contribution >= 0.6 is 0 Å². The summed E-state index contributed by atoms with van der Waals surface area (Å²) in [6.07, 6.45) is 7.48. The fourth-order valence-corrected chi connectivity index (χ4v) is 2.16. The third kappa shape index (κ3) is 5.81. The van der Waals surface area contributed by atoms with Crippen LogP contribution in [0.4, 0.5) is 5.69 Å². The topological polar surface area (TPSA) is 12.0 Å². The molecular formula is C20H26BN. The van der Waals surface area contributed by atoms with E-state index in [1.54, 1.807) is 0 Å². The number of benzene rings is 1. The highest BCUT2D eigenvalue weighted by atomic mass is 14.9. The van der Waals surface area contributed by atoms with Gasteiger partial charge in [-0.1, -0.05) is 56.3 Å². The molecule has 0 saturated carbocycles. The van der Waals surface area contributed by atoms with Crippen molar-refractivity contribution in [2.24, 2.45) is 5.92 Å². The zero-order valence-corrected chi connectivity index (χ0v) is 14.0. The highest BCUT2D eigenvalue weighted by Crippen LogP contribution is 2.18. The van der Waals surface area contributed by atoms with Gasteiger partial charge in [0, 0.05) is 11.4 Å². The molecule has 0 aliphatic carbocycles. The lowest BCUT2D eigenvalue weighted by Gasteiger charge is -2.12. The molecule has 1 aromatic carbocycles. The molecule has 0 amide bonds. The summed E-state index contributed by atoms with van der Waals surface area (Å²) in [6.45, 7) is 14.1. The Morgan fingerprint density at radius 1 is 1.18 bits per heavy atom. The average molecular weight is 291 g/mol. The van der Waals surface area contributed by atoms with Crippen molar-refractivity contribution in [3.63, 3.8) is 0 Å². The Morgan fingerprint density at radius 3 is 2.27 bits per heavy atom. The third-order valence-electron chi connectivity index (χ3n) is 3.40. The maximum absolute atomic E-state index is 5.68. The van der Waals surface area contributed by atoms with Gasteiger partial charge in [-0.3, -0.25) is 0 Å². The first-order valence-corrected chi connectivity index (χ1v) is 7.70. The van der Waals surface area contributed by atoms with Crippen LogP contribution in [0.1, 0.15) is 26.3 Å². The van der Waals surface area contributed by atoms with Gasteiger partial charge in [0.15, 0.2) is 0 Å². The van der Waals surface area contributed by atoms with Gasteiger partial charge in [-0.25, -0.2) is 0 Å². The normalized spacial score (nSPS) is 12.9. The molecule has 114 valence electrons. The number of nitrogens with one attached hydrogen (secondary N) is 1. The zero-order chi connectivity index (χ0) is 16.5. The summed E-state index contributed by atoms with van der Waals surface area (Å²) in [7, 11) is 5.68. The number of hydrogen-bond donors (Lipinski definition) is 1. The molecule has 0 fully saturated rings. The third-order valence-corrected chi connectivity index (χ3v) is 3.40. The van der Waals surface area contributed by atoms with Crippen molar-refractivity contribution in [2.45, 2.75) is 33.5 Å². The van der Waals surface area contributed by atoms with Crippen LogP contribution in [0, 0.1) is 5.92 Å². The van der Waals surface area contributed by atoms with E-state index in [-0.39, 0.29) is 0 Å². The smallest absolute Gasteiger partial charge is 0.0656 e. The van der Waals surface area contributed by atoms with Crippen molar-refractivity contribution in [1.82, 2.24) is 0 Å². The molecule has 2 heteroatoms. The van der Waals surface area contributed by atoms with Crippen molar-refractivity contribution in [2.75, 3.05) is 5.32 Å². The van der Waals surface area contributed by atoms with Gasteiger partial charge in [-0.2, -0.15) is 0 Å². The van der Waals surface area contributed by atoms with Crippen LogP contribution < -0.4 is 5.32 Å². The Labute approximate surface area is 136 Å². The van der Waals surface area contributed by atoms with Gasteiger partial charge in [0.05, 0.1) is 7.85 Å². The fourth-order valence-electron chi connectivity index (χ4n) is 2.16. The minimum absolute atomic E-state index is 0.507. The van der Waals surface area contributed by atoms with E-state index in [0.29, 0.717) is 5.92 Å². The molecule has 0 bridgehead atoms. The largest absolute Gasteiger partial charge is 0.355 e. The predicted molar refractivity (Wildman–Crippen MR) is 100 cm³/mol. The second-order valence-electron chi connectivity index (χ2n) is 5.87. The SMILES string of the molecule is [B]CC(C)Cc1ccc(N/C(C=C)=C(\C=C)C=C(C)C)cc1. The Morgan fingerprint density at radius 2 is 1.82 bits per heavy atom. The van der Waals surface area contributed by atoms with Gasteiger partial charge in [0.25, 0.3) is 0 Å². The summed E-state index contributed by atoms with van der Waals surface area (Å²) >= 11 is 0. The van der Waals surface area contributed by atoms with Gasteiger partial charge in [-0.15, -0.1) is 0 Å². The molecule has 1 nitrogen and oxygen atoms in total. The molecule has 1 aromatic rings. The lowest BCUT2D eigenvalue weighted by molar-refractivity contribution is 0.646. The average Bonchev–Trinajstić information content (AvgIpc) is 2.51. The van der Waals surface area contributed by atoms with Crippen molar-refractivity contribution in [1.29, 1.82) is 0 Å². The molecule has 0 aliphatic heterocycles. The van der Waals surface area contributed by atoms with E-state index in [0.717, 1.165) is 29.7 Å². The van der Waals surface area contributed by atoms with Crippen LogP contribution in [-0.4, -0.2) is 7.85 Å². The van der Waals surface area contributed by atoms with Gasteiger partial charge < -0.3 is 5.32 Å². The molecular weight excluding hydrogens is 265 g/mol. The molecule has 0 aliphatic rings. The standard InChI is InChI=1S/C20H26BN/c1-6-18(12-15(3)4)20(7-2)22-19-10-8-17(9-11-19)13-16(5)14-21/h6-12,16,22H,1-2,13-14H2,3-5H3/b20-18+. The zero-order valence-electron chi connectivity index (χ0n) is 14.0. The number of rotatable bonds is 8. The molecule has 22 heavy (non-hydrogen) atoms. The van der Waals surface area contributed by atoms with Crippen LogP contribution in [0.25, 0.3) is 0 Å². The highest BCUT2D eigenvalue weighted by Gasteiger charge is 2.03. The van der Waals surface area contributed by atoms with E-state index in [2.05, 4.69) is 69.6 Å². The quantitative estimate of drug-likeness (QED) is 0.495. The molecule has 1 atom stereocenters. The lowest BCUT2D eigenvalue weighted by atomic mass is 9.88. The minimum atomic E-state index is 0.507. The molecule has 0 spiro atoms. The van der Waals surface area contributed by atoms with Crippen LogP contribution in [0.3, 0.4) is 0 Å². The van der Waals surface area contributed by atoms with Gasteiger partial charge in [0.2, 0.25) is 0 Å². The van der Waals surface area contributed by atoms with Crippen molar-refractivity contribution < 1.29 is 0 Å². The Bertz CT molecular complexity index is 560. The van der Waals surface area contributed by atoms with E-state index in [1.807, 2.05) is 12.2 Å². The highest BCUT2D eigenvalue weighted by molar-refractivity contribution is 6.08. The Hall–Kier alpha value is -1.96. The first kappa shape index (κ1) is 18.1. The molecule has 1 unspecified atom stereocenters. The van der Waals surface area contributed by atoms with Crippen molar-refractivity contribution in [3.05, 3.63) is 78.1 Å². The van der Waals surface area contributed by atoms with E-state index in [1.165, 1.54) is 11.1 Å². The molecule has 0 saturated heterocycles. The van der Waals surface area contributed by atoms with E-state index < -0.39 is 0 Å². The first-order chi connectivity index (χ1) is 10.5. The summed E-state index contributed by atoms with van der Waals surface area (Å²) in [5.41, 5.74) is 5.57. The number of anilines is 1. The van der Waals surface area contributed by atoms with Crippen LogP contribution in [-0.2, 0) is 6.42 Å². The van der Waals surface area contributed by atoms with Crippen LogP contribution in [0.5, 0.6) is 0 Å². The Balaban J connectivity index is 2.92. The maximum Gasteiger partial charge on any atom is 0.0656 e. The van der Waals surface area contributed by atoms with E-state index in [4.69, 9.17) is 7.85 Å². The lowest BCUT2D eigenvalue weighted by Crippen LogP contribution is -2.01. The fraction of sp³-hybridized carbons (Fsp3) is 0.300. The molecule has 0 heterocycles. The predicted octanol–water partition coefficient (Wildman–Crippen LogP) is 5.46. The number of hydrogen-bond acceptors (Lipinski definition) is 1. The summed E-state index contributed by atoms with van der Waals surface area (Å²) in [5, 5.41) is 3.40. The minimum Gasteiger partial charge on any atom is -0.355 e. The van der Waals surface area contributed by atoms with Gasteiger partial charge in [-0.05, 0) is 55.5 Å². The molecule has 1 N–H and O–H groups in total. The van der Waals surface area contributed by atoms with Crippen LogP contribution in [0.15, 0.2) is 72.5 Å². The monoisotopic (exact) mass is 291 g/mol. The summed E-state index contributed by atoms with van der Waals surface area (Å²) < 4.78 is 0. The molecule has 2 radical (unpaired) electrons. The van der Waals surface area contributed by atoms with Crippen molar-refractivity contribution in [3.8, 4) is 0 Å². The van der Waals surface area contributed by atoms with Gasteiger partial charge >= 0.3 is 0 Å². The molecule has 1 rings (SSSR count). The second kappa shape index (κ2) is 9.14. The Kier molecular flexibility index (Phi) is 7.52. The van der Waals surface area contributed by atoms with E-state index >= 15 is 0 Å². The second-order valence-corrected chi connectivity index (χ2v) is 5.87. The first-order valence-electron chi connectivity index (χ1n) is 7.70. The van der Waals surface area contributed by atoms with Gasteiger partial charge in [0.1, 0.15) is 0 Å². The van der Waals surface area contributed by atoms with Crippen molar-refractivity contribution >= 4 is 13.5 Å². The maximum atomic E-state index is 5.68. The van der Waals surface area contributed by atoms with E-state index in [9.17, 15) is 0 Å². The van der Waals surface area contributed by atoms with Crippen LogP contribution in [0.2, 0.25) is 6.32 Å². The number of allylic oxidation sites excluding steroid dienone is 5. The summed E-state index contributed by atoms with van der Waals surface area (Å²) in [4.78, 5) is 0. The summed E-state index contributed by atoms with van der Waals surface area (Å²) in [6, 6.07) is 8.46. The molecule has 0 aromatic heterocycles.